The van der Waals surface area contributed by atoms with Crippen molar-refractivity contribution in [2.75, 3.05) is 6.79 Å². The molecular formula is C9H8BrNO3. The van der Waals surface area contributed by atoms with E-state index in [0.717, 1.165) is 5.56 Å². The van der Waals surface area contributed by atoms with Gasteiger partial charge >= 0.3 is 0 Å². The van der Waals surface area contributed by atoms with Gasteiger partial charge in [0.25, 0.3) is 0 Å². The van der Waals surface area contributed by atoms with Gasteiger partial charge in [-0.25, -0.2) is 0 Å². The lowest BCUT2D eigenvalue weighted by atomic mass is 10.1. The summed E-state index contributed by atoms with van der Waals surface area (Å²) in [5, 5.41) is 2.95. The van der Waals surface area contributed by atoms with Gasteiger partial charge in [0.15, 0.2) is 11.5 Å². The molecule has 74 valence electrons. The van der Waals surface area contributed by atoms with Gasteiger partial charge in [-0.1, -0.05) is 15.9 Å². The number of benzene rings is 1. The Kier molecular flexibility index (Phi) is 2.41. The topological polar surface area (TPSA) is 47.9 Å². The normalized spacial score (nSPS) is 15.3. The lowest BCUT2D eigenvalue weighted by Crippen LogP contribution is -1.92. The molecule has 0 radical (unpaired) electrons. The van der Waals surface area contributed by atoms with Crippen LogP contribution in [0.15, 0.2) is 17.3 Å². The third-order valence-corrected chi connectivity index (χ3v) is 2.54. The molecule has 1 heterocycles. The van der Waals surface area contributed by atoms with Crippen molar-refractivity contribution in [3.8, 4) is 11.5 Å². The van der Waals surface area contributed by atoms with Crippen LogP contribution in [0.5, 0.6) is 11.5 Å². The van der Waals surface area contributed by atoms with E-state index in [-0.39, 0.29) is 11.6 Å². The summed E-state index contributed by atoms with van der Waals surface area (Å²) < 4.78 is 10.3. The van der Waals surface area contributed by atoms with Gasteiger partial charge < -0.3 is 9.47 Å². The Morgan fingerprint density at radius 1 is 1.43 bits per heavy atom. The van der Waals surface area contributed by atoms with E-state index in [2.05, 4.69) is 21.1 Å². The van der Waals surface area contributed by atoms with E-state index >= 15 is 0 Å². The molecule has 0 bridgehead atoms. The summed E-state index contributed by atoms with van der Waals surface area (Å²) >= 11 is 3.39. The van der Waals surface area contributed by atoms with Gasteiger partial charge in [-0.2, -0.15) is 0 Å². The highest BCUT2D eigenvalue weighted by Crippen LogP contribution is 2.42. The van der Waals surface area contributed by atoms with Crippen molar-refractivity contribution in [3.63, 3.8) is 0 Å². The monoisotopic (exact) mass is 257 g/mol. The third-order valence-electron chi connectivity index (χ3n) is 2.05. The van der Waals surface area contributed by atoms with E-state index < -0.39 is 0 Å². The lowest BCUT2D eigenvalue weighted by molar-refractivity contribution is 0.174. The summed E-state index contributed by atoms with van der Waals surface area (Å²) in [4.78, 5) is 10.6. The first-order chi connectivity index (χ1) is 6.72. The molecule has 1 aromatic rings. The highest BCUT2D eigenvalue weighted by atomic mass is 79.9. The second-order valence-electron chi connectivity index (χ2n) is 2.97. The molecule has 1 aliphatic heterocycles. The van der Waals surface area contributed by atoms with Crippen LogP contribution in [0.2, 0.25) is 0 Å². The minimum atomic E-state index is 0.0599. The van der Waals surface area contributed by atoms with Crippen LogP contribution < -0.4 is 9.47 Å². The van der Waals surface area contributed by atoms with Crippen molar-refractivity contribution in [3.05, 3.63) is 22.6 Å². The smallest absolute Gasteiger partial charge is 0.231 e. The Labute approximate surface area is 89.3 Å². The van der Waals surface area contributed by atoms with E-state index in [4.69, 9.17) is 9.47 Å². The second-order valence-corrected chi connectivity index (χ2v) is 4.35. The van der Waals surface area contributed by atoms with Gasteiger partial charge in [-0.3, -0.25) is 0 Å². The number of alkyl halides is 1. The average molecular weight is 258 g/mol. The molecule has 4 nitrogen and oxygen atoms in total. The zero-order chi connectivity index (χ0) is 10.1. The van der Waals surface area contributed by atoms with Gasteiger partial charge in [0.1, 0.15) is 5.69 Å². The first-order valence-electron chi connectivity index (χ1n) is 4.13. The number of rotatable bonds is 2. The first kappa shape index (κ1) is 9.45. The molecule has 1 unspecified atom stereocenters. The van der Waals surface area contributed by atoms with Gasteiger partial charge in [-0.05, 0) is 23.7 Å². The maximum Gasteiger partial charge on any atom is 0.231 e. The second kappa shape index (κ2) is 3.57. The average Bonchev–Trinajstić information content (AvgIpc) is 2.62. The van der Waals surface area contributed by atoms with Gasteiger partial charge in [0, 0.05) is 10.9 Å². The van der Waals surface area contributed by atoms with E-state index in [9.17, 15) is 4.91 Å². The quantitative estimate of drug-likeness (QED) is 0.604. The van der Waals surface area contributed by atoms with Crippen molar-refractivity contribution in [2.24, 2.45) is 5.18 Å². The first-order valence-corrected chi connectivity index (χ1v) is 5.05. The van der Waals surface area contributed by atoms with Crippen LogP contribution in [0.3, 0.4) is 0 Å². The zero-order valence-corrected chi connectivity index (χ0v) is 9.08. The fourth-order valence-electron chi connectivity index (χ4n) is 1.34. The van der Waals surface area contributed by atoms with Crippen molar-refractivity contribution in [2.45, 2.75) is 11.8 Å². The molecule has 0 spiro atoms. The van der Waals surface area contributed by atoms with Gasteiger partial charge in [0.05, 0.1) is 0 Å². The summed E-state index contributed by atoms with van der Waals surface area (Å²) in [6.07, 6.45) is 0. The lowest BCUT2D eigenvalue weighted by Gasteiger charge is -2.06. The maximum atomic E-state index is 10.6. The third kappa shape index (κ3) is 1.48. The van der Waals surface area contributed by atoms with Crippen molar-refractivity contribution in [1.82, 2.24) is 0 Å². The summed E-state index contributed by atoms with van der Waals surface area (Å²) in [5.41, 5.74) is 1.20. The van der Waals surface area contributed by atoms with E-state index in [1.54, 1.807) is 12.1 Å². The maximum absolute atomic E-state index is 10.6. The fourth-order valence-corrected chi connectivity index (χ4v) is 1.71. The molecular weight excluding hydrogens is 250 g/mol. The minimum Gasteiger partial charge on any atom is -0.454 e. The van der Waals surface area contributed by atoms with E-state index in [0.29, 0.717) is 17.2 Å². The van der Waals surface area contributed by atoms with E-state index in [1.807, 2.05) is 6.92 Å². The molecule has 0 saturated carbocycles. The number of ether oxygens (including phenoxy) is 2. The molecule has 2 rings (SSSR count). The Morgan fingerprint density at radius 2 is 2.07 bits per heavy atom. The van der Waals surface area contributed by atoms with Crippen LogP contribution in [-0.2, 0) is 0 Å². The minimum absolute atomic E-state index is 0.0599. The Morgan fingerprint density at radius 3 is 2.64 bits per heavy atom. The number of hydrogen-bond acceptors (Lipinski definition) is 4. The molecule has 0 aromatic heterocycles. The Balaban J connectivity index is 2.54. The zero-order valence-electron chi connectivity index (χ0n) is 7.49. The molecule has 1 aliphatic rings. The summed E-state index contributed by atoms with van der Waals surface area (Å²) in [6.45, 7) is 2.12. The van der Waals surface area contributed by atoms with Crippen molar-refractivity contribution >= 4 is 21.6 Å². The predicted octanol–water partition coefficient (Wildman–Crippen LogP) is 3.27. The summed E-state index contributed by atoms with van der Waals surface area (Å²) in [5.74, 6) is 1.25. The molecule has 0 amide bonds. The number of nitroso groups, excluding NO2 is 1. The molecule has 1 atom stereocenters. The SMILES string of the molecule is CC(Br)c1cc2c(cc1N=O)OCO2. The van der Waals surface area contributed by atoms with Crippen LogP contribution >= 0.6 is 15.9 Å². The highest BCUT2D eigenvalue weighted by molar-refractivity contribution is 9.09. The van der Waals surface area contributed by atoms with Gasteiger partial charge in [-0.15, -0.1) is 4.91 Å². The molecule has 0 aliphatic carbocycles. The summed E-state index contributed by atoms with van der Waals surface area (Å²) in [7, 11) is 0. The number of nitrogens with zero attached hydrogens (tertiary/aromatic N) is 1. The number of hydrogen-bond donors (Lipinski definition) is 0. The Bertz CT molecular complexity index is 379. The molecule has 1 aromatic carbocycles. The molecule has 5 heteroatoms. The highest BCUT2D eigenvalue weighted by Gasteiger charge is 2.19. The Hall–Kier alpha value is -1.10. The largest absolute Gasteiger partial charge is 0.454 e. The van der Waals surface area contributed by atoms with Crippen LogP contribution in [-0.4, -0.2) is 6.79 Å². The van der Waals surface area contributed by atoms with Crippen LogP contribution in [0, 0.1) is 4.91 Å². The van der Waals surface area contributed by atoms with E-state index in [1.165, 1.54) is 0 Å². The predicted molar refractivity (Wildman–Crippen MR) is 55.4 cm³/mol. The van der Waals surface area contributed by atoms with Crippen molar-refractivity contribution < 1.29 is 9.47 Å². The molecule has 0 saturated heterocycles. The summed E-state index contributed by atoms with van der Waals surface area (Å²) in [6, 6.07) is 3.38. The number of halogens is 1. The fraction of sp³-hybridized carbons (Fsp3) is 0.333. The molecule has 0 fully saturated rings. The number of fused-ring (bicyclic) bond motifs is 1. The molecule has 14 heavy (non-hydrogen) atoms. The van der Waals surface area contributed by atoms with Crippen LogP contribution in [0.25, 0.3) is 0 Å². The standard InChI is InChI=1S/C9H8BrNO3/c1-5(10)6-2-8-9(14-4-13-8)3-7(6)11-12/h2-3,5H,4H2,1H3. The van der Waals surface area contributed by atoms with Crippen molar-refractivity contribution in [1.29, 1.82) is 0 Å². The van der Waals surface area contributed by atoms with Crippen LogP contribution in [0.1, 0.15) is 17.3 Å². The molecule has 0 N–H and O–H groups in total. The van der Waals surface area contributed by atoms with Gasteiger partial charge in [0.2, 0.25) is 6.79 Å². The van der Waals surface area contributed by atoms with Crippen LogP contribution in [0.4, 0.5) is 5.69 Å².